The highest BCUT2D eigenvalue weighted by Crippen LogP contribution is 2.25. The standard InChI is InChI=1S/C14H20FNO2/c1-4-9-14(5-2,13(17)18-3)16-12-8-6-7-11(15)10-12/h6-8,10,16H,4-5,9H2,1-3H3. The van der Waals surface area contributed by atoms with E-state index in [2.05, 4.69) is 5.32 Å². The third-order valence-corrected chi connectivity index (χ3v) is 3.06. The normalized spacial score (nSPS) is 13.8. The van der Waals surface area contributed by atoms with E-state index in [9.17, 15) is 9.18 Å². The van der Waals surface area contributed by atoms with Crippen molar-refractivity contribution in [2.45, 2.75) is 38.6 Å². The molecule has 1 aromatic carbocycles. The van der Waals surface area contributed by atoms with Gasteiger partial charge in [-0.25, -0.2) is 9.18 Å². The van der Waals surface area contributed by atoms with E-state index in [0.29, 0.717) is 18.5 Å². The van der Waals surface area contributed by atoms with Gasteiger partial charge in [0.2, 0.25) is 0 Å². The molecule has 0 spiro atoms. The Hall–Kier alpha value is -1.58. The van der Waals surface area contributed by atoms with Crippen LogP contribution in [0.25, 0.3) is 0 Å². The smallest absolute Gasteiger partial charge is 0.331 e. The molecular formula is C14H20FNO2. The summed E-state index contributed by atoms with van der Waals surface area (Å²) in [6.07, 6.45) is 2.07. The molecule has 18 heavy (non-hydrogen) atoms. The fraction of sp³-hybridized carbons (Fsp3) is 0.500. The largest absolute Gasteiger partial charge is 0.467 e. The first-order chi connectivity index (χ1) is 8.57. The summed E-state index contributed by atoms with van der Waals surface area (Å²) in [6, 6.07) is 6.10. The molecule has 0 aliphatic carbocycles. The molecule has 0 fully saturated rings. The van der Waals surface area contributed by atoms with E-state index in [1.807, 2.05) is 13.8 Å². The summed E-state index contributed by atoms with van der Waals surface area (Å²) in [5.74, 6) is -0.637. The Labute approximate surface area is 107 Å². The van der Waals surface area contributed by atoms with E-state index < -0.39 is 5.54 Å². The van der Waals surface area contributed by atoms with E-state index in [1.165, 1.54) is 19.2 Å². The maximum atomic E-state index is 13.2. The molecule has 0 aliphatic rings. The number of rotatable bonds is 6. The predicted molar refractivity (Wildman–Crippen MR) is 70.0 cm³/mol. The zero-order valence-corrected chi connectivity index (χ0v) is 11.1. The van der Waals surface area contributed by atoms with Crippen LogP contribution in [0.2, 0.25) is 0 Å². The second-order valence-electron chi connectivity index (χ2n) is 4.31. The van der Waals surface area contributed by atoms with Gasteiger partial charge in [0, 0.05) is 5.69 Å². The molecule has 100 valence electrons. The van der Waals surface area contributed by atoms with Crippen LogP contribution in [0.15, 0.2) is 24.3 Å². The molecular weight excluding hydrogens is 233 g/mol. The van der Waals surface area contributed by atoms with Crippen LogP contribution in [0.1, 0.15) is 33.1 Å². The molecule has 1 unspecified atom stereocenters. The van der Waals surface area contributed by atoms with Crippen LogP contribution in [0.3, 0.4) is 0 Å². The van der Waals surface area contributed by atoms with Gasteiger partial charge in [0.1, 0.15) is 11.4 Å². The molecule has 1 rings (SSSR count). The van der Waals surface area contributed by atoms with Crippen LogP contribution in [0.4, 0.5) is 10.1 Å². The first kappa shape index (κ1) is 14.5. The Morgan fingerprint density at radius 3 is 2.67 bits per heavy atom. The van der Waals surface area contributed by atoms with Crippen molar-refractivity contribution in [1.29, 1.82) is 0 Å². The number of carbonyl (C=O) groups is 1. The fourth-order valence-corrected chi connectivity index (χ4v) is 2.09. The highest BCUT2D eigenvalue weighted by atomic mass is 19.1. The second-order valence-corrected chi connectivity index (χ2v) is 4.31. The summed E-state index contributed by atoms with van der Waals surface area (Å²) in [4.78, 5) is 12.0. The summed E-state index contributed by atoms with van der Waals surface area (Å²) >= 11 is 0. The maximum Gasteiger partial charge on any atom is 0.331 e. The van der Waals surface area contributed by atoms with E-state index in [1.54, 1.807) is 12.1 Å². The molecule has 0 radical (unpaired) electrons. The molecule has 1 atom stereocenters. The molecule has 0 aliphatic heterocycles. The first-order valence-corrected chi connectivity index (χ1v) is 6.20. The number of nitrogens with one attached hydrogen (secondary N) is 1. The van der Waals surface area contributed by atoms with Crippen molar-refractivity contribution in [3.05, 3.63) is 30.1 Å². The molecule has 1 N–H and O–H groups in total. The SMILES string of the molecule is CCCC(CC)(Nc1cccc(F)c1)C(=O)OC. The van der Waals surface area contributed by atoms with Gasteiger partial charge in [-0.05, 0) is 31.0 Å². The summed E-state index contributed by atoms with van der Waals surface area (Å²) in [5.41, 5.74) is -0.187. The zero-order valence-electron chi connectivity index (χ0n) is 11.1. The highest BCUT2D eigenvalue weighted by Gasteiger charge is 2.36. The minimum Gasteiger partial charge on any atom is -0.467 e. The number of hydrogen-bond donors (Lipinski definition) is 1. The molecule has 0 saturated carbocycles. The molecule has 1 aromatic rings. The molecule has 3 nitrogen and oxygen atoms in total. The van der Waals surface area contributed by atoms with Gasteiger partial charge in [0.25, 0.3) is 0 Å². The van der Waals surface area contributed by atoms with Crippen LogP contribution in [-0.4, -0.2) is 18.6 Å². The number of carbonyl (C=O) groups excluding carboxylic acids is 1. The highest BCUT2D eigenvalue weighted by molar-refractivity contribution is 5.84. The monoisotopic (exact) mass is 253 g/mol. The Balaban J connectivity index is 3.00. The number of ether oxygens (including phenoxy) is 1. The van der Waals surface area contributed by atoms with Crippen molar-refractivity contribution in [2.24, 2.45) is 0 Å². The van der Waals surface area contributed by atoms with Crippen LogP contribution >= 0.6 is 0 Å². The third-order valence-electron chi connectivity index (χ3n) is 3.06. The number of halogens is 1. The van der Waals surface area contributed by atoms with Gasteiger partial charge in [-0.3, -0.25) is 0 Å². The van der Waals surface area contributed by atoms with Gasteiger partial charge in [-0.2, -0.15) is 0 Å². The van der Waals surface area contributed by atoms with Gasteiger partial charge in [0.15, 0.2) is 0 Å². The maximum absolute atomic E-state index is 13.2. The lowest BCUT2D eigenvalue weighted by molar-refractivity contribution is -0.146. The van der Waals surface area contributed by atoms with Crippen LogP contribution in [0, 0.1) is 5.82 Å². The Morgan fingerprint density at radius 2 is 2.17 bits per heavy atom. The molecule has 0 saturated heterocycles. The van der Waals surface area contributed by atoms with E-state index in [-0.39, 0.29) is 11.8 Å². The second kappa shape index (κ2) is 6.38. The molecule has 0 bridgehead atoms. The lowest BCUT2D eigenvalue weighted by atomic mass is 9.90. The molecule has 0 amide bonds. The van der Waals surface area contributed by atoms with Gasteiger partial charge >= 0.3 is 5.97 Å². The summed E-state index contributed by atoms with van der Waals surface area (Å²) in [7, 11) is 1.37. The lowest BCUT2D eigenvalue weighted by Crippen LogP contribution is -2.46. The zero-order chi connectivity index (χ0) is 13.6. The molecule has 4 heteroatoms. The predicted octanol–water partition coefficient (Wildman–Crippen LogP) is 3.36. The molecule has 0 heterocycles. The minimum atomic E-state index is -0.780. The lowest BCUT2D eigenvalue weighted by Gasteiger charge is -2.31. The van der Waals surface area contributed by atoms with Gasteiger partial charge in [0.05, 0.1) is 7.11 Å². The third kappa shape index (κ3) is 3.22. The van der Waals surface area contributed by atoms with Crippen molar-refractivity contribution in [3.8, 4) is 0 Å². The minimum absolute atomic E-state index is 0.309. The average Bonchev–Trinajstić information content (AvgIpc) is 2.37. The van der Waals surface area contributed by atoms with Gasteiger partial charge in [-0.15, -0.1) is 0 Å². The topological polar surface area (TPSA) is 38.3 Å². The number of benzene rings is 1. The Morgan fingerprint density at radius 1 is 1.44 bits per heavy atom. The number of anilines is 1. The van der Waals surface area contributed by atoms with Crippen LogP contribution in [-0.2, 0) is 9.53 Å². The van der Waals surface area contributed by atoms with Crippen LogP contribution in [0.5, 0.6) is 0 Å². The van der Waals surface area contributed by atoms with Crippen molar-refractivity contribution in [3.63, 3.8) is 0 Å². The van der Waals surface area contributed by atoms with Crippen molar-refractivity contribution in [2.75, 3.05) is 12.4 Å². The Bertz CT molecular complexity index is 409. The van der Waals surface area contributed by atoms with Gasteiger partial charge in [-0.1, -0.05) is 26.3 Å². The van der Waals surface area contributed by atoms with Gasteiger partial charge < -0.3 is 10.1 Å². The summed E-state index contributed by atoms with van der Waals surface area (Å²) < 4.78 is 18.0. The van der Waals surface area contributed by atoms with E-state index >= 15 is 0 Å². The number of hydrogen-bond acceptors (Lipinski definition) is 3. The first-order valence-electron chi connectivity index (χ1n) is 6.20. The fourth-order valence-electron chi connectivity index (χ4n) is 2.09. The average molecular weight is 253 g/mol. The van der Waals surface area contributed by atoms with E-state index in [0.717, 1.165) is 6.42 Å². The van der Waals surface area contributed by atoms with E-state index in [4.69, 9.17) is 4.74 Å². The van der Waals surface area contributed by atoms with Crippen molar-refractivity contribution in [1.82, 2.24) is 0 Å². The summed E-state index contributed by atoms with van der Waals surface area (Å²) in [6.45, 7) is 3.92. The number of methoxy groups -OCH3 is 1. The quantitative estimate of drug-likeness (QED) is 0.790. The Kier molecular flexibility index (Phi) is 5.13. The van der Waals surface area contributed by atoms with Crippen LogP contribution < -0.4 is 5.32 Å². The van der Waals surface area contributed by atoms with Crippen molar-refractivity contribution >= 4 is 11.7 Å². The van der Waals surface area contributed by atoms with Crippen molar-refractivity contribution < 1.29 is 13.9 Å². The number of esters is 1. The molecule has 0 aromatic heterocycles. The summed E-state index contributed by atoms with van der Waals surface area (Å²) in [5, 5.41) is 3.12.